The number of oxime groups is 1. The maximum Gasteiger partial charge on any atom is 0.290 e. The summed E-state index contributed by atoms with van der Waals surface area (Å²) in [6.45, 7) is -0.623. The van der Waals surface area contributed by atoms with Crippen LogP contribution in [0.2, 0.25) is 0 Å². The SMILES string of the molecule is O=[N+]([O-])c1cc2c(cc1S(=O)(=O)NCc1ccco1)/C(=N\O)c1cc(S(=O)(=O)NCc3ccco3)cc([N+](=O)[O-])c1-2. The van der Waals surface area contributed by atoms with Crippen molar-refractivity contribution in [3.63, 3.8) is 0 Å². The van der Waals surface area contributed by atoms with Gasteiger partial charge in [0.15, 0.2) is 4.90 Å². The summed E-state index contributed by atoms with van der Waals surface area (Å²) < 4.78 is 66.7. The number of nitro benzene ring substituents is 2. The molecule has 2 heterocycles. The zero-order valence-corrected chi connectivity index (χ0v) is 22.0. The van der Waals surface area contributed by atoms with Gasteiger partial charge in [-0.05, 0) is 36.4 Å². The Bertz CT molecular complexity index is 1930. The molecule has 5 rings (SSSR count). The number of nitro groups is 2. The molecule has 2 aromatic carbocycles. The fourth-order valence-corrected chi connectivity index (χ4v) is 6.48. The maximum atomic E-state index is 13.1. The van der Waals surface area contributed by atoms with Crippen LogP contribution in [0, 0.1) is 20.2 Å². The molecular formula is C23H17N5O11S2. The van der Waals surface area contributed by atoms with Gasteiger partial charge in [-0.3, -0.25) is 20.2 Å². The van der Waals surface area contributed by atoms with Gasteiger partial charge in [0.05, 0.1) is 45.9 Å². The molecule has 0 saturated heterocycles. The summed E-state index contributed by atoms with van der Waals surface area (Å²) in [4.78, 5) is 20.7. The highest BCUT2D eigenvalue weighted by Gasteiger charge is 2.39. The van der Waals surface area contributed by atoms with Gasteiger partial charge in [0, 0.05) is 28.8 Å². The van der Waals surface area contributed by atoms with E-state index >= 15 is 0 Å². The molecule has 0 bridgehead atoms. The van der Waals surface area contributed by atoms with Gasteiger partial charge in [-0.15, -0.1) is 0 Å². The normalized spacial score (nSPS) is 13.7. The molecule has 1 aliphatic carbocycles. The Kier molecular flexibility index (Phi) is 6.91. The average molecular weight is 604 g/mol. The quantitative estimate of drug-likeness (QED) is 0.119. The summed E-state index contributed by atoms with van der Waals surface area (Å²) in [6.07, 6.45) is 2.63. The van der Waals surface area contributed by atoms with Gasteiger partial charge >= 0.3 is 0 Å². The number of hydrogen-bond acceptors (Lipinski definition) is 12. The van der Waals surface area contributed by atoms with E-state index in [0.717, 1.165) is 24.3 Å². The number of furan rings is 2. The predicted octanol–water partition coefficient (Wildman–Crippen LogP) is 2.85. The Morgan fingerprint density at radius 2 is 1.37 bits per heavy atom. The summed E-state index contributed by atoms with van der Waals surface area (Å²) in [5.41, 5.74) is -3.11. The lowest BCUT2D eigenvalue weighted by atomic mass is 10.0. The van der Waals surface area contributed by atoms with E-state index in [1.165, 1.54) is 36.8 Å². The minimum Gasteiger partial charge on any atom is -0.468 e. The molecule has 0 radical (unpaired) electrons. The molecule has 0 atom stereocenters. The molecule has 0 unspecified atom stereocenters. The van der Waals surface area contributed by atoms with Crippen molar-refractivity contribution in [1.29, 1.82) is 0 Å². The maximum absolute atomic E-state index is 13.1. The van der Waals surface area contributed by atoms with Gasteiger partial charge in [-0.1, -0.05) is 5.16 Å². The first-order valence-corrected chi connectivity index (χ1v) is 14.3. The Hall–Kier alpha value is -4.91. The summed E-state index contributed by atoms with van der Waals surface area (Å²) >= 11 is 0. The molecule has 0 amide bonds. The fraction of sp³-hybridized carbons (Fsp3) is 0.0870. The summed E-state index contributed by atoms with van der Waals surface area (Å²) in [5.74, 6) is 0.475. The first kappa shape index (κ1) is 27.6. The van der Waals surface area contributed by atoms with E-state index in [0.29, 0.717) is 0 Å². The average Bonchev–Trinajstić information content (AvgIpc) is 3.70. The summed E-state index contributed by atoms with van der Waals surface area (Å²) in [5, 5.41) is 36.9. The van der Waals surface area contributed by atoms with Gasteiger partial charge in [-0.25, -0.2) is 26.3 Å². The molecule has 2 aromatic heterocycles. The largest absolute Gasteiger partial charge is 0.468 e. The number of sulfonamides is 2. The van der Waals surface area contributed by atoms with Crippen LogP contribution in [-0.2, 0) is 33.1 Å². The lowest BCUT2D eigenvalue weighted by Crippen LogP contribution is -2.24. The minimum atomic E-state index is -4.58. The van der Waals surface area contributed by atoms with Crippen molar-refractivity contribution in [3.8, 4) is 11.1 Å². The highest BCUT2D eigenvalue weighted by Crippen LogP contribution is 2.47. The lowest BCUT2D eigenvalue weighted by Gasteiger charge is -2.09. The number of nitrogens with zero attached hydrogens (tertiary/aromatic N) is 3. The van der Waals surface area contributed by atoms with Gasteiger partial charge in [-0.2, -0.15) is 0 Å². The van der Waals surface area contributed by atoms with Crippen molar-refractivity contribution < 1.29 is 40.7 Å². The van der Waals surface area contributed by atoms with Crippen LogP contribution in [-0.4, -0.2) is 37.6 Å². The van der Waals surface area contributed by atoms with Crippen molar-refractivity contribution in [3.05, 3.63) is 104 Å². The van der Waals surface area contributed by atoms with E-state index in [1.54, 1.807) is 0 Å². The van der Waals surface area contributed by atoms with Crippen LogP contribution in [0.25, 0.3) is 11.1 Å². The standard InChI is InChI=1S/C23H17N5O11S2/c29-26-23-17-10-21(41(36,37)25-12-14-4-2-6-39-14)19(27(30)31)9-16(17)22-18(23)7-15(8-20(22)28(32)33)40(34,35)24-11-13-3-1-5-38-13/h1-10,24-25,29H,11-12H2/b26-23+. The third kappa shape index (κ3) is 5.07. The zero-order valence-electron chi connectivity index (χ0n) is 20.4. The molecule has 212 valence electrons. The molecule has 3 N–H and O–H groups in total. The first-order valence-electron chi connectivity index (χ1n) is 11.3. The molecule has 41 heavy (non-hydrogen) atoms. The van der Waals surface area contributed by atoms with Crippen molar-refractivity contribution in [1.82, 2.24) is 9.44 Å². The van der Waals surface area contributed by atoms with E-state index < -0.39 is 56.8 Å². The molecule has 0 spiro atoms. The molecule has 4 aromatic rings. The van der Waals surface area contributed by atoms with Crippen LogP contribution in [0.5, 0.6) is 0 Å². The van der Waals surface area contributed by atoms with Crippen molar-refractivity contribution >= 4 is 37.1 Å². The highest BCUT2D eigenvalue weighted by atomic mass is 32.2. The summed E-state index contributed by atoms with van der Waals surface area (Å²) in [7, 11) is -8.97. The number of fused-ring (bicyclic) bond motifs is 3. The summed E-state index contributed by atoms with van der Waals surface area (Å²) in [6, 6.07) is 9.38. The van der Waals surface area contributed by atoms with Crippen molar-refractivity contribution in [2.75, 3.05) is 0 Å². The number of benzene rings is 2. The van der Waals surface area contributed by atoms with Gasteiger partial charge in [0.1, 0.15) is 17.2 Å². The molecule has 0 fully saturated rings. The topological polar surface area (TPSA) is 237 Å². The number of hydrogen-bond donors (Lipinski definition) is 3. The molecule has 0 saturated carbocycles. The van der Waals surface area contributed by atoms with E-state index in [9.17, 15) is 42.3 Å². The van der Waals surface area contributed by atoms with E-state index in [-0.39, 0.29) is 46.9 Å². The van der Waals surface area contributed by atoms with Crippen molar-refractivity contribution in [2.45, 2.75) is 22.9 Å². The second-order valence-corrected chi connectivity index (χ2v) is 12.0. The monoisotopic (exact) mass is 603 g/mol. The number of nitrogens with one attached hydrogen (secondary N) is 2. The Labute approximate surface area is 230 Å². The third-order valence-corrected chi connectivity index (χ3v) is 8.91. The van der Waals surface area contributed by atoms with Crippen LogP contribution < -0.4 is 9.44 Å². The highest BCUT2D eigenvalue weighted by molar-refractivity contribution is 7.89. The fourth-order valence-electron chi connectivity index (χ4n) is 4.27. The van der Waals surface area contributed by atoms with Crippen LogP contribution in [0.3, 0.4) is 0 Å². The molecule has 1 aliphatic rings. The Morgan fingerprint density at radius 1 is 0.780 bits per heavy atom. The zero-order chi connectivity index (χ0) is 29.5. The van der Waals surface area contributed by atoms with Gasteiger partial charge in [0.25, 0.3) is 11.4 Å². The molecular weight excluding hydrogens is 586 g/mol. The van der Waals surface area contributed by atoms with Crippen molar-refractivity contribution in [2.24, 2.45) is 5.16 Å². The smallest absolute Gasteiger partial charge is 0.290 e. The van der Waals surface area contributed by atoms with Crippen LogP contribution in [0.15, 0.2) is 84.8 Å². The Morgan fingerprint density at radius 3 is 1.88 bits per heavy atom. The molecule has 0 aliphatic heterocycles. The minimum absolute atomic E-state index is 0.205. The Balaban J connectivity index is 1.64. The van der Waals surface area contributed by atoms with E-state index in [2.05, 4.69) is 14.6 Å². The van der Waals surface area contributed by atoms with Crippen LogP contribution in [0.1, 0.15) is 22.6 Å². The third-order valence-electron chi connectivity index (χ3n) is 6.10. The second-order valence-electron chi connectivity index (χ2n) is 8.50. The molecule has 18 heteroatoms. The van der Waals surface area contributed by atoms with E-state index in [1.807, 2.05) is 0 Å². The van der Waals surface area contributed by atoms with Gasteiger partial charge in [0.2, 0.25) is 20.0 Å². The van der Waals surface area contributed by atoms with Crippen LogP contribution >= 0.6 is 0 Å². The predicted molar refractivity (Wildman–Crippen MR) is 138 cm³/mol. The number of rotatable bonds is 10. The van der Waals surface area contributed by atoms with Crippen LogP contribution in [0.4, 0.5) is 11.4 Å². The van der Waals surface area contributed by atoms with Gasteiger partial charge < -0.3 is 14.0 Å². The van der Waals surface area contributed by atoms with E-state index in [4.69, 9.17) is 8.83 Å². The first-order chi connectivity index (χ1) is 19.4. The second kappa shape index (κ2) is 10.2. The lowest BCUT2D eigenvalue weighted by molar-refractivity contribution is -0.387. The molecule has 16 nitrogen and oxygen atoms in total.